The second kappa shape index (κ2) is 9.86. The Morgan fingerprint density at radius 2 is 1.78 bits per heavy atom. The molecule has 0 aliphatic heterocycles. The van der Waals surface area contributed by atoms with E-state index in [1.54, 1.807) is 51.1 Å². The minimum absolute atomic E-state index is 0.413. The van der Waals surface area contributed by atoms with Gasteiger partial charge in [0, 0.05) is 6.42 Å². The lowest BCUT2D eigenvalue weighted by atomic mass is 10.1. The molecule has 0 spiro atoms. The molecule has 0 aromatic heterocycles. The Labute approximate surface area is 157 Å². The average Bonchev–Trinajstić information content (AvgIpc) is 2.57. The third kappa shape index (κ3) is 8.04. The molecule has 5 N–H and O–H groups in total. The Hall–Kier alpha value is -2.68. The molecule has 0 saturated carbocycles. The zero-order chi connectivity index (χ0) is 20.6. The van der Waals surface area contributed by atoms with Gasteiger partial charge in [-0.1, -0.05) is 30.3 Å². The molecular formula is C18H26FN3O5. The second-order valence-corrected chi connectivity index (χ2v) is 6.96. The summed E-state index contributed by atoms with van der Waals surface area (Å²) in [6.45, 7) is 4.46. The molecule has 0 aliphatic rings. The maximum atomic E-state index is 13.8. The van der Waals surface area contributed by atoms with E-state index in [-0.39, 0.29) is 0 Å². The number of nitrogens with one attached hydrogen (secondary N) is 2. The summed E-state index contributed by atoms with van der Waals surface area (Å²) in [5.41, 5.74) is 4.70. The first kappa shape index (κ1) is 22.4. The highest BCUT2D eigenvalue weighted by Gasteiger charge is 2.30. The fourth-order valence-corrected chi connectivity index (χ4v) is 2.20. The van der Waals surface area contributed by atoms with Gasteiger partial charge in [-0.3, -0.25) is 9.59 Å². The Bertz CT molecular complexity index is 648. The van der Waals surface area contributed by atoms with Crippen LogP contribution in [0.4, 0.5) is 9.18 Å². The van der Waals surface area contributed by atoms with E-state index in [0.29, 0.717) is 5.56 Å². The monoisotopic (exact) mass is 383 g/mol. The van der Waals surface area contributed by atoms with Gasteiger partial charge in [0.1, 0.15) is 11.6 Å². The topological polar surface area (TPSA) is 131 Å². The third-order valence-corrected chi connectivity index (χ3v) is 3.46. The molecule has 9 heteroatoms. The number of hydrogen-bond donors (Lipinski definition) is 4. The van der Waals surface area contributed by atoms with Crippen molar-refractivity contribution in [3.8, 4) is 0 Å². The van der Waals surface area contributed by atoms with E-state index in [1.165, 1.54) is 0 Å². The number of benzene rings is 1. The van der Waals surface area contributed by atoms with Crippen LogP contribution in [0.2, 0.25) is 0 Å². The van der Waals surface area contributed by atoms with Gasteiger partial charge in [0.15, 0.2) is 6.17 Å². The van der Waals surface area contributed by atoms with Crippen LogP contribution in [-0.2, 0) is 14.3 Å². The summed E-state index contributed by atoms with van der Waals surface area (Å²) in [6, 6.07) is 6.43. The largest absolute Gasteiger partial charge is 0.444 e. The van der Waals surface area contributed by atoms with Crippen molar-refractivity contribution >= 4 is 17.9 Å². The van der Waals surface area contributed by atoms with Gasteiger partial charge in [-0.05, 0) is 26.3 Å². The number of ether oxygens (including phenoxy) is 1. The van der Waals surface area contributed by atoms with Crippen LogP contribution >= 0.6 is 0 Å². The van der Waals surface area contributed by atoms with Gasteiger partial charge < -0.3 is 26.2 Å². The van der Waals surface area contributed by atoms with Crippen molar-refractivity contribution in [2.24, 2.45) is 5.73 Å². The SMILES string of the molecule is CC(C)(C)OC(=O)N[C@@H](C[C@@H](F)C(N)=O)C(=O)N[C@@H](CO)c1ccccc1. The summed E-state index contributed by atoms with van der Waals surface area (Å²) < 4.78 is 18.8. The molecule has 0 fully saturated rings. The zero-order valence-electron chi connectivity index (χ0n) is 15.6. The molecule has 0 unspecified atom stereocenters. The highest BCUT2D eigenvalue weighted by atomic mass is 19.1. The smallest absolute Gasteiger partial charge is 0.408 e. The maximum Gasteiger partial charge on any atom is 0.408 e. The number of aliphatic hydroxyl groups is 1. The van der Waals surface area contributed by atoms with Gasteiger partial charge in [0.25, 0.3) is 5.91 Å². The van der Waals surface area contributed by atoms with E-state index in [0.717, 1.165) is 0 Å². The van der Waals surface area contributed by atoms with Crippen molar-refractivity contribution in [2.45, 2.75) is 51.0 Å². The normalized spacial score (nSPS) is 14.6. The highest BCUT2D eigenvalue weighted by molar-refractivity contribution is 5.87. The van der Waals surface area contributed by atoms with Crippen LogP contribution in [0, 0.1) is 0 Å². The highest BCUT2D eigenvalue weighted by Crippen LogP contribution is 2.14. The molecular weight excluding hydrogens is 357 g/mol. The van der Waals surface area contributed by atoms with Crippen molar-refractivity contribution in [3.63, 3.8) is 0 Å². The molecule has 0 bridgehead atoms. The summed E-state index contributed by atoms with van der Waals surface area (Å²) in [5, 5.41) is 14.3. The van der Waals surface area contributed by atoms with Gasteiger partial charge in [-0.15, -0.1) is 0 Å². The fourth-order valence-electron chi connectivity index (χ4n) is 2.20. The molecule has 3 atom stereocenters. The number of alkyl carbamates (subject to hydrolysis) is 1. The Morgan fingerprint density at radius 1 is 1.19 bits per heavy atom. The molecule has 0 heterocycles. The predicted molar refractivity (Wildman–Crippen MR) is 96.3 cm³/mol. The number of amides is 3. The number of carbonyl (C=O) groups excluding carboxylic acids is 3. The number of alkyl halides is 1. The van der Waals surface area contributed by atoms with Crippen LogP contribution in [0.5, 0.6) is 0 Å². The molecule has 27 heavy (non-hydrogen) atoms. The molecule has 150 valence electrons. The van der Waals surface area contributed by atoms with Crippen LogP contribution in [0.1, 0.15) is 38.8 Å². The lowest BCUT2D eigenvalue weighted by molar-refractivity contribution is -0.126. The lowest BCUT2D eigenvalue weighted by Crippen LogP contribution is -2.51. The first-order chi connectivity index (χ1) is 12.5. The van der Waals surface area contributed by atoms with Crippen molar-refractivity contribution in [1.82, 2.24) is 10.6 Å². The van der Waals surface area contributed by atoms with E-state index in [9.17, 15) is 23.9 Å². The molecule has 0 aliphatic carbocycles. The van der Waals surface area contributed by atoms with Crippen molar-refractivity contribution < 1.29 is 28.6 Å². The predicted octanol–water partition coefficient (Wildman–Crippen LogP) is 0.943. The summed E-state index contributed by atoms with van der Waals surface area (Å²) in [6.07, 6.45) is -3.74. The second-order valence-electron chi connectivity index (χ2n) is 6.96. The fraction of sp³-hybridized carbons (Fsp3) is 0.500. The molecule has 0 radical (unpaired) electrons. The number of hydrogen-bond acceptors (Lipinski definition) is 5. The molecule has 1 aromatic carbocycles. The summed E-state index contributed by atoms with van der Waals surface area (Å²) >= 11 is 0. The Morgan fingerprint density at radius 3 is 2.26 bits per heavy atom. The third-order valence-electron chi connectivity index (χ3n) is 3.46. The number of nitrogens with two attached hydrogens (primary N) is 1. The number of rotatable bonds is 8. The lowest BCUT2D eigenvalue weighted by Gasteiger charge is -2.25. The van der Waals surface area contributed by atoms with Gasteiger partial charge in [0.05, 0.1) is 12.6 Å². The van der Waals surface area contributed by atoms with E-state index in [1.807, 2.05) is 0 Å². The summed E-state index contributed by atoms with van der Waals surface area (Å²) in [5.74, 6) is -2.03. The zero-order valence-corrected chi connectivity index (χ0v) is 15.6. The van der Waals surface area contributed by atoms with E-state index >= 15 is 0 Å². The van der Waals surface area contributed by atoms with Crippen LogP contribution < -0.4 is 16.4 Å². The van der Waals surface area contributed by atoms with Gasteiger partial charge in [0.2, 0.25) is 5.91 Å². The summed E-state index contributed by atoms with van der Waals surface area (Å²) in [7, 11) is 0. The van der Waals surface area contributed by atoms with Crippen LogP contribution in [-0.4, -0.2) is 47.4 Å². The van der Waals surface area contributed by atoms with E-state index in [2.05, 4.69) is 10.6 Å². The quantitative estimate of drug-likeness (QED) is 0.531. The van der Waals surface area contributed by atoms with Crippen LogP contribution in [0.15, 0.2) is 30.3 Å². The van der Waals surface area contributed by atoms with Gasteiger partial charge in [-0.25, -0.2) is 9.18 Å². The van der Waals surface area contributed by atoms with Crippen molar-refractivity contribution in [1.29, 1.82) is 0 Å². The maximum absolute atomic E-state index is 13.8. The number of halogens is 1. The first-order valence-corrected chi connectivity index (χ1v) is 8.42. The minimum atomic E-state index is -2.14. The van der Waals surface area contributed by atoms with Crippen LogP contribution in [0.3, 0.4) is 0 Å². The van der Waals surface area contributed by atoms with Crippen molar-refractivity contribution in [2.75, 3.05) is 6.61 Å². The molecule has 3 amide bonds. The standard InChI is InChI=1S/C18H26FN3O5/c1-18(2,3)27-17(26)22-13(9-12(19)15(20)24)16(25)21-14(10-23)11-7-5-4-6-8-11/h4-8,12-14,23H,9-10H2,1-3H3,(H2,20,24)(H,21,25)(H,22,26)/t12-,13+,14+/m1/s1. The van der Waals surface area contributed by atoms with Gasteiger partial charge in [-0.2, -0.15) is 0 Å². The number of primary amides is 1. The van der Waals surface area contributed by atoms with E-state index in [4.69, 9.17) is 10.5 Å². The molecule has 0 saturated heterocycles. The minimum Gasteiger partial charge on any atom is -0.444 e. The molecule has 1 rings (SSSR count). The molecule has 1 aromatic rings. The van der Waals surface area contributed by atoms with E-state index < -0.39 is 54.8 Å². The van der Waals surface area contributed by atoms with Crippen LogP contribution in [0.25, 0.3) is 0 Å². The Kier molecular flexibility index (Phi) is 8.17. The van der Waals surface area contributed by atoms with Crippen molar-refractivity contribution in [3.05, 3.63) is 35.9 Å². The number of aliphatic hydroxyl groups excluding tert-OH is 1. The average molecular weight is 383 g/mol. The Balaban J connectivity index is 2.90. The summed E-state index contributed by atoms with van der Waals surface area (Å²) in [4.78, 5) is 35.5. The number of carbonyl (C=O) groups is 3. The first-order valence-electron chi connectivity index (χ1n) is 8.42. The van der Waals surface area contributed by atoms with Gasteiger partial charge >= 0.3 is 6.09 Å². The molecule has 8 nitrogen and oxygen atoms in total.